The molecule has 2 amide bonds. The maximum absolute atomic E-state index is 13.0. The van der Waals surface area contributed by atoms with Crippen molar-refractivity contribution in [3.63, 3.8) is 0 Å². The summed E-state index contributed by atoms with van der Waals surface area (Å²) >= 11 is 20.2. The van der Waals surface area contributed by atoms with E-state index in [0.717, 1.165) is 5.56 Å². The zero-order valence-corrected chi connectivity index (χ0v) is 19.3. The molecule has 0 unspecified atom stereocenters. The van der Waals surface area contributed by atoms with Crippen LogP contribution in [0.15, 0.2) is 42.5 Å². The van der Waals surface area contributed by atoms with Crippen LogP contribution in [-0.4, -0.2) is 35.1 Å². The fourth-order valence-corrected chi connectivity index (χ4v) is 4.42. The molecule has 2 aromatic carbocycles. The maximum atomic E-state index is 13.0. The summed E-state index contributed by atoms with van der Waals surface area (Å²) < 4.78 is 0. The standard InChI is InChI=1S/C21H23Cl3N2O2S/c1-3-25-21(28)14(2)26(11-16-18(23)9-6-10-19(16)24)20(27)13-29-12-15-7-4-5-8-17(15)22/h4-10,14H,3,11-13H2,1-2H3,(H,25,28)/t14-/m0/s1. The number of rotatable bonds is 9. The Kier molecular flexibility index (Phi) is 9.63. The van der Waals surface area contributed by atoms with Gasteiger partial charge in [-0.05, 0) is 37.6 Å². The minimum Gasteiger partial charge on any atom is -0.355 e. The van der Waals surface area contributed by atoms with Crippen LogP contribution in [0.1, 0.15) is 25.0 Å². The third-order valence-corrected chi connectivity index (χ3v) is 6.39. The molecule has 1 N–H and O–H groups in total. The minimum absolute atomic E-state index is 0.155. The smallest absolute Gasteiger partial charge is 0.242 e. The highest BCUT2D eigenvalue weighted by atomic mass is 35.5. The van der Waals surface area contributed by atoms with Gasteiger partial charge in [-0.3, -0.25) is 9.59 Å². The number of carbonyl (C=O) groups is 2. The molecule has 0 saturated carbocycles. The Morgan fingerprint density at radius 1 is 1.03 bits per heavy atom. The van der Waals surface area contributed by atoms with E-state index in [0.29, 0.717) is 32.9 Å². The second kappa shape index (κ2) is 11.7. The first kappa shape index (κ1) is 23.9. The van der Waals surface area contributed by atoms with Crippen molar-refractivity contribution >= 4 is 58.4 Å². The highest BCUT2D eigenvalue weighted by molar-refractivity contribution is 7.99. The summed E-state index contributed by atoms with van der Waals surface area (Å²) in [6.45, 7) is 4.18. The van der Waals surface area contributed by atoms with Gasteiger partial charge in [-0.25, -0.2) is 0 Å². The third kappa shape index (κ3) is 6.82. The summed E-state index contributed by atoms with van der Waals surface area (Å²) in [4.78, 5) is 26.9. The average molecular weight is 474 g/mol. The normalized spacial score (nSPS) is 11.8. The lowest BCUT2D eigenvalue weighted by Crippen LogP contribution is -2.48. The van der Waals surface area contributed by atoms with E-state index in [9.17, 15) is 9.59 Å². The molecule has 0 radical (unpaired) electrons. The van der Waals surface area contributed by atoms with Gasteiger partial charge in [0.1, 0.15) is 6.04 Å². The molecule has 1 atom stereocenters. The van der Waals surface area contributed by atoms with E-state index in [2.05, 4.69) is 5.32 Å². The Labute approximate surface area is 190 Å². The summed E-state index contributed by atoms with van der Waals surface area (Å²) in [6.07, 6.45) is 0. The van der Waals surface area contributed by atoms with E-state index in [1.54, 1.807) is 25.1 Å². The molecular weight excluding hydrogens is 451 g/mol. The topological polar surface area (TPSA) is 49.4 Å². The summed E-state index contributed by atoms with van der Waals surface area (Å²) in [7, 11) is 0. The second-order valence-electron chi connectivity index (χ2n) is 6.38. The van der Waals surface area contributed by atoms with Crippen LogP contribution in [0.2, 0.25) is 15.1 Å². The van der Waals surface area contributed by atoms with Crippen molar-refractivity contribution in [1.29, 1.82) is 0 Å². The lowest BCUT2D eigenvalue weighted by Gasteiger charge is -2.29. The van der Waals surface area contributed by atoms with Crippen LogP contribution in [0.4, 0.5) is 0 Å². The van der Waals surface area contributed by atoms with E-state index in [4.69, 9.17) is 34.8 Å². The number of thioether (sulfide) groups is 1. The monoisotopic (exact) mass is 472 g/mol. The Bertz CT molecular complexity index is 843. The van der Waals surface area contributed by atoms with Crippen LogP contribution in [0.25, 0.3) is 0 Å². The number of hydrogen-bond donors (Lipinski definition) is 1. The van der Waals surface area contributed by atoms with E-state index in [1.807, 2.05) is 31.2 Å². The maximum Gasteiger partial charge on any atom is 0.242 e. The third-order valence-electron chi connectivity index (χ3n) is 4.35. The number of nitrogens with zero attached hydrogens (tertiary/aromatic N) is 1. The van der Waals surface area contributed by atoms with Crippen LogP contribution in [0.5, 0.6) is 0 Å². The zero-order valence-electron chi connectivity index (χ0n) is 16.3. The first-order chi connectivity index (χ1) is 13.8. The molecule has 2 rings (SSSR count). The molecule has 156 valence electrons. The Morgan fingerprint density at radius 2 is 1.66 bits per heavy atom. The van der Waals surface area contributed by atoms with E-state index in [-0.39, 0.29) is 24.1 Å². The number of benzene rings is 2. The number of carbonyl (C=O) groups excluding carboxylic acids is 2. The van der Waals surface area contributed by atoms with Crippen molar-refractivity contribution in [2.45, 2.75) is 32.2 Å². The molecule has 0 aliphatic heterocycles. The minimum atomic E-state index is -0.657. The second-order valence-corrected chi connectivity index (χ2v) is 8.58. The Hall–Kier alpha value is -1.40. The molecule has 4 nitrogen and oxygen atoms in total. The van der Waals surface area contributed by atoms with E-state index in [1.165, 1.54) is 16.7 Å². The van der Waals surface area contributed by atoms with Crippen molar-refractivity contribution in [3.05, 3.63) is 68.7 Å². The van der Waals surface area contributed by atoms with Gasteiger partial charge in [0, 0.05) is 39.5 Å². The number of hydrogen-bond acceptors (Lipinski definition) is 3. The predicted octanol–water partition coefficient (Wildman–Crippen LogP) is 5.43. The number of nitrogens with one attached hydrogen (secondary N) is 1. The van der Waals surface area contributed by atoms with E-state index < -0.39 is 6.04 Å². The highest BCUT2D eigenvalue weighted by Crippen LogP contribution is 2.27. The number of likely N-dealkylation sites (N-methyl/N-ethyl adjacent to an activating group) is 1. The van der Waals surface area contributed by atoms with Gasteiger partial charge in [0.15, 0.2) is 0 Å². The molecule has 0 saturated heterocycles. The lowest BCUT2D eigenvalue weighted by molar-refractivity contribution is -0.138. The summed E-state index contributed by atoms with van der Waals surface area (Å²) in [6, 6.07) is 12.0. The molecule has 2 aromatic rings. The fourth-order valence-electron chi connectivity index (χ4n) is 2.70. The molecule has 0 spiro atoms. The van der Waals surface area contributed by atoms with Crippen molar-refractivity contribution in [2.75, 3.05) is 12.3 Å². The average Bonchev–Trinajstić information content (AvgIpc) is 2.69. The van der Waals surface area contributed by atoms with Crippen LogP contribution >= 0.6 is 46.6 Å². The highest BCUT2D eigenvalue weighted by Gasteiger charge is 2.27. The van der Waals surface area contributed by atoms with Crippen molar-refractivity contribution < 1.29 is 9.59 Å². The Balaban J connectivity index is 2.14. The van der Waals surface area contributed by atoms with Gasteiger partial charge in [-0.1, -0.05) is 59.1 Å². The fraction of sp³-hybridized carbons (Fsp3) is 0.333. The molecule has 0 aliphatic rings. The largest absolute Gasteiger partial charge is 0.355 e. The van der Waals surface area contributed by atoms with Gasteiger partial charge in [0.2, 0.25) is 11.8 Å². The van der Waals surface area contributed by atoms with Gasteiger partial charge in [0.25, 0.3) is 0 Å². The first-order valence-electron chi connectivity index (χ1n) is 9.16. The summed E-state index contributed by atoms with van der Waals surface area (Å²) in [5.74, 6) is 0.413. The molecular formula is C21H23Cl3N2O2S. The SMILES string of the molecule is CCNC(=O)[C@H](C)N(Cc1c(Cl)cccc1Cl)C(=O)CSCc1ccccc1Cl. The van der Waals surface area contributed by atoms with Gasteiger partial charge in [-0.2, -0.15) is 0 Å². The van der Waals surface area contributed by atoms with Gasteiger partial charge >= 0.3 is 0 Å². The van der Waals surface area contributed by atoms with Crippen LogP contribution in [0, 0.1) is 0 Å². The van der Waals surface area contributed by atoms with Gasteiger partial charge in [-0.15, -0.1) is 11.8 Å². The van der Waals surface area contributed by atoms with Gasteiger partial charge in [0.05, 0.1) is 5.75 Å². The quantitative estimate of drug-likeness (QED) is 0.528. The summed E-state index contributed by atoms with van der Waals surface area (Å²) in [5, 5.41) is 4.35. The van der Waals surface area contributed by atoms with Crippen LogP contribution in [0.3, 0.4) is 0 Å². The first-order valence-corrected chi connectivity index (χ1v) is 11.4. The van der Waals surface area contributed by atoms with Crippen molar-refractivity contribution in [2.24, 2.45) is 0 Å². The number of halogens is 3. The van der Waals surface area contributed by atoms with E-state index >= 15 is 0 Å². The molecule has 0 bridgehead atoms. The van der Waals surface area contributed by atoms with Gasteiger partial charge < -0.3 is 10.2 Å². The molecule has 29 heavy (non-hydrogen) atoms. The summed E-state index contributed by atoms with van der Waals surface area (Å²) in [5.41, 5.74) is 1.58. The molecule has 8 heteroatoms. The Morgan fingerprint density at radius 3 is 2.28 bits per heavy atom. The van der Waals surface area contributed by atoms with Crippen molar-refractivity contribution in [1.82, 2.24) is 10.2 Å². The van der Waals surface area contributed by atoms with Crippen LogP contribution in [-0.2, 0) is 21.9 Å². The number of amides is 2. The lowest BCUT2D eigenvalue weighted by atomic mass is 10.1. The van der Waals surface area contributed by atoms with Crippen molar-refractivity contribution in [3.8, 4) is 0 Å². The molecule has 0 aliphatic carbocycles. The van der Waals surface area contributed by atoms with Crippen LogP contribution < -0.4 is 5.32 Å². The molecule has 0 fully saturated rings. The predicted molar refractivity (Wildman–Crippen MR) is 123 cm³/mol. The molecule has 0 heterocycles. The molecule has 0 aromatic heterocycles. The zero-order chi connectivity index (χ0) is 21.4.